The van der Waals surface area contributed by atoms with E-state index in [1.54, 1.807) is 16.7 Å². The van der Waals surface area contributed by atoms with Crippen LogP contribution >= 0.6 is 11.8 Å². The number of hydrogen-bond acceptors (Lipinski definition) is 3. The molecule has 2 rings (SSSR count). The molecule has 0 fully saturated rings. The molecule has 0 spiro atoms. The summed E-state index contributed by atoms with van der Waals surface area (Å²) in [6.07, 6.45) is 0.571. The minimum atomic E-state index is -0.493. The molecule has 5 heteroatoms. The minimum Gasteiger partial charge on any atom is -0.350 e. The summed E-state index contributed by atoms with van der Waals surface area (Å²) >= 11 is 1.60. The fourth-order valence-electron chi connectivity index (χ4n) is 3.37. The Morgan fingerprint density at radius 1 is 1.03 bits per heavy atom. The second kappa shape index (κ2) is 11.4. The number of hydrogen-bond donors (Lipinski definition) is 1. The van der Waals surface area contributed by atoms with Crippen LogP contribution in [-0.4, -0.2) is 34.0 Å². The van der Waals surface area contributed by atoms with Gasteiger partial charge in [-0.05, 0) is 57.7 Å². The maximum absolute atomic E-state index is 13.3. The molecule has 2 amide bonds. The number of carbonyl (C=O) groups is 2. The van der Waals surface area contributed by atoms with Crippen molar-refractivity contribution in [2.24, 2.45) is 0 Å². The number of aryl methyl sites for hydroxylation is 2. The molecular weight excluding hydrogens is 404 g/mol. The normalized spacial score (nSPS) is 12.3. The zero-order valence-corrected chi connectivity index (χ0v) is 20.5. The first-order valence-corrected chi connectivity index (χ1v) is 12.1. The Morgan fingerprint density at radius 2 is 1.68 bits per heavy atom. The van der Waals surface area contributed by atoms with E-state index in [1.807, 2.05) is 71.0 Å². The molecule has 4 nitrogen and oxygen atoms in total. The SMILES string of the molecule is CC[C@@H](C(=O)NC(C)(C)C)N(Cc1ccc(C)cc1)C(=O)CSCc1ccccc1C. The molecule has 0 aliphatic rings. The van der Waals surface area contributed by atoms with Crippen molar-refractivity contribution >= 4 is 23.6 Å². The Hall–Kier alpha value is -2.27. The van der Waals surface area contributed by atoms with E-state index in [4.69, 9.17) is 0 Å². The van der Waals surface area contributed by atoms with E-state index in [9.17, 15) is 9.59 Å². The van der Waals surface area contributed by atoms with Gasteiger partial charge >= 0.3 is 0 Å². The Kier molecular flexibility index (Phi) is 9.17. The van der Waals surface area contributed by atoms with Crippen molar-refractivity contribution in [3.05, 3.63) is 70.8 Å². The number of nitrogens with zero attached hydrogens (tertiary/aromatic N) is 1. The monoisotopic (exact) mass is 440 g/mol. The van der Waals surface area contributed by atoms with E-state index in [0.717, 1.165) is 11.3 Å². The highest BCUT2D eigenvalue weighted by molar-refractivity contribution is 7.99. The van der Waals surface area contributed by atoms with Crippen molar-refractivity contribution < 1.29 is 9.59 Å². The number of amides is 2. The minimum absolute atomic E-state index is 0.00457. The van der Waals surface area contributed by atoms with Crippen LogP contribution in [0.15, 0.2) is 48.5 Å². The highest BCUT2D eigenvalue weighted by Crippen LogP contribution is 2.19. The third-order valence-electron chi connectivity index (χ3n) is 5.10. The van der Waals surface area contributed by atoms with E-state index >= 15 is 0 Å². The van der Waals surface area contributed by atoms with E-state index in [2.05, 4.69) is 24.4 Å². The Balaban J connectivity index is 2.16. The van der Waals surface area contributed by atoms with Crippen LogP contribution in [0.25, 0.3) is 0 Å². The Bertz CT molecular complexity index is 872. The van der Waals surface area contributed by atoms with Gasteiger partial charge in [0, 0.05) is 17.8 Å². The number of thioether (sulfide) groups is 1. The van der Waals surface area contributed by atoms with E-state index in [-0.39, 0.29) is 17.4 Å². The summed E-state index contributed by atoms with van der Waals surface area (Å²) in [5.41, 5.74) is 4.33. The van der Waals surface area contributed by atoms with Gasteiger partial charge in [0.15, 0.2) is 0 Å². The first-order valence-electron chi connectivity index (χ1n) is 10.9. The van der Waals surface area contributed by atoms with Crippen LogP contribution in [0.5, 0.6) is 0 Å². The summed E-state index contributed by atoms with van der Waals surface area (Å²) in [4.78, 5) is 28.0. The van der Waals surface area contributed by atoms with Gasteiger partial charge in [0.1, 0.15) is 6.04 Å². The molecule has 0 saturated carbocycles. The van der Waals surface area contributed by atoms with Crippen molar-refractivity contribution in [2.75, 3.05) is 5.75 Å². The largest absolute Gasteiger partial charge is 0.350 e. The molecule has 0 heterocycles. The Morgan fingerprint density at radius 3 is 2.26 bits per heavy atom. The molecule has 0 unspecified atom stereocenters. The van der Waals surface area contributed by atoms with Crippen LogP contribution < -0.4 is 5.32 Å². The average molecular weight is 441 g/mol. The highest BCUT2D eigenvalue weighted by Gasteiger charge is 2.30. The van der Waals surface area contributed by atoms with Gasteiger partial charge in [0.2, 0.25) is 11.8 Å². The lowest BCUT2D eigenvalue weighted by Crippen LogP contribution is -2.53. The third kappa shape index (κ3) is 8.06. The molecule has 0 aromatic heterocycles. The smallest absolute Gasteiger partial charge is 0.243 e. The standard InChI is InChI=1S/C26H36N2O2S/c1-7-23(25(30)27-26(4,5)6)28(16-21-14-12-19(2)13-15-21)24(29)18-31-17-22-11-9-8-10-20(22)3/h8-15,23H,7,16-18H2,1-6H3,(H,27,30)/t23-/m0/s1. The molecule has 2 aromatic rings. The summed E-state index contributed by atoms with van der Waals surface area (Å²) in [7, 11) is 0. The van der Waals surface area contributed by atoms with Gasteiger partial charge in [-0.15, -0.1) is 11.8 Å². The topological polar surface area (TPSA) is 49.4 Å². The molecular formula is C26H36N2O2S. The molecule has 0 bridgehead atoms. The summed E-state index contributed by atoms with van der Waals surface area (Å²) in [6.45, 7) is 12.4. The third-order valence-corrected chi connectivity index (χ3v) is 6.07. The number of benzene rings is 2. The van der Waals surface area contributed by atoms with Crippen molar-refractivity contribution in [3.63, 3.8) is 0 Å². The second-order valence-electron chi connectivity index (χ2n) is 9.09. The molecule has 0 saturated heterocycles. The average Bonchev–Trinajstić information content (AvgIpc) is 2.69. The molecule has 0 aliphatic heterocycles. The molecule has 0 aliphatic carbocycles. The summed E-state index contributed by atoms with van der Waals surface area (Å²) < 4.78 is 0. The van der Waals surface area contributed by atoms with Gasteiger partial charge in [-0.3, -0.25) is 9.59 Å². The molecule has 1 N–H and O–H groups in total. The van der Waals surface area contributed by atoms with Gasteiger partial charge in [-0.1, -0.05) is 61.0 Å². The van der Waals surface area contributed by atoms with Crippen LogP contribution in [0.4, 0.5) is 0 Å². The molecule has 0 radical (unpaired) electrons. The van der Waals surface area contributed by atoms with Gasteiger partial charge in [0.25, 0.3) is 0 Å². The van der Waals surface area contributed by atoms with Crippen LogP contribution in [0.3, 0.4) is 0 Å². The van der Waals surface area contributed by atoms with Crippen molar-refractivity contribution in [2.45, 2.75) is 71.8 Å². The predicted octanol–water partition coefficient (Wildman–Crippen LogP) is 5.26. The number of nitrogens with one attached hydrogen (secondary N) is 1. The molecule has 1 atom stereocenters. The highest BCUT2D eigenvalue weighted by atomic mass is 32.2. The second-order valence-corrected chi connectivity index (χ2v) is 10.1. The lowest BCUT2D eigenvalue weighted by molar-refractivity contribution is -0.140. The molecule has 2 aromatic carbocycles. The van der Waals surface area contributed by atoms with E-state index < -0.39 is 6.04 Å². The van der Waals surface area contributed by atoms with Crippen molar-refractivity contribution in [3.8, 4) is 0 Å². The lowest BCUT2D eigenvalue weighted by Gasteiger charge is -2.33. The first-order chi connectivity index (χ1) is 14.6. The lowest BCUT2D eigenvalue weighted by atomic mass is 10.1. The summed E-state index contributed by atoms with van der Waals surface area (Å²) in [5.74, 6) is 1.02. The first kappa shape index (κ1) is 25.0. The van der Waals surface area contributed by atoms with Crippen LogP contribution in [0.1, 0.15) is 56.4 Å². The molecule has 168 valence electrons. The maximum Gasteiger partial charge on any atom is 0.243 e. The van der Waals surface area contributed by atoms with Crippen LogP contribution in [-0.2, 0) is 21.9 Å². The quantitative estimate of drug-likeness (QED) is 0.579. The number of carbonyl (C=O) groups excluding carboxylic acids is 2. The fraction of sp³-hybridized carbons (Fsp3) is 0.462. The zero-order chi connectivity index (χ0) is 23.0. The van der Waals surface area contributed by atoms with E-state index in [0.29, 0.717) is 18.7 Å². The zero-order valence-electron chi connectivity index (χ0n) is 19.7. The fourth-order valence-corrected chi connectivity index (χ4v) is 4.35. The van der Waals surface area contributed by atoms with Gasteiger partial charge in [-0.2, -0.15) is 0 Å². The van der Waals surface area contributed by atoms with Gasteiger partial charge in [-0.25, -0.2) is 0 Å². The summed E-state index contributed by atoms with van der Waals surface area (Å²) in [5, 5.41) is 3.05. The van der Waals surface area contributed by atoms with Crippen molar-refractivity contribution in [1.29, 1.82) is 0 Å². The molecule has 31 heavy (non-hydrogen) atoms. The summed E-state index contributed by atoms with van der Waals surface area (Å²) in [6, 6.07) is 15.9. The predicted molar refractivity (Wildman–Crippen MR) is 131 cm³/mol. The van der Waals surface area contributed by atoms with Crippen LogP contribution in [0.2, 0.25) is 0 Å². The maximum atomic E-state index is 13.3. The Labute approximate surface area is 191 Å². The van der Waals surface area contributed by atoms with Gasteiger partial charge < -0.3 is 10.2 Å². The number of rotatable bonds is 9. The van der Waals surface area contributed by atoms with E-state index in [1.165, 1.54) is 16.7 Å². The van der Waals surface area contributed by atoms with Crippen molar-refractivity contribution in [1.82, 2.24) is 10.2 Å². The van der Waals surface area contributed by atoms with Crippen LogP contribution in [0, 0.1) is 13.8 Å². The van der Waals surface area contributed by atoms with Gasteiger partial charge in [0.05, 0.1) is 5.75 Å².